The van der Waals surface area contributed by atoms with Crippen molar-refractivity contribution in [3.63, 3.8) is 0 Å². The Morgan fingerprint density at radius 1 is 0.905 bits per heavy atom. The van der Waals surface area contributed by atoms with Crippen molar-refractivity contribution in [2.75, 3.05) is 10.6 Å². The maximum absolute atomic E-state index is 5.00. The van der Waals surface area contributed by atoms with Gasteiger partial charge in [-0.05, 0) is 31.5 Å². The first-order chi connectivity index (χ1) is 10.2. The van der Waals surface area contributed by atoms with Crippen LogP contribution < -0.4 is 10.6 Å². The van der Waals surface area contributed by atoms with E-state index in [1.165, 1.54) is 11.9 Å². The fourth-order valence-corrected chi connectivity index (χ4v) is 1.92. The number of anilines is 4. The molecule has 0 bridgehead atoms. The van der Waals surface area contributed by atoms with Crippen molar-refractivity contribution in [3.05, 3.63) is 54.0 Å². The van der Waals surface area contributed by atoms with Crippen LogP contribution in [0, 0.1) is 13.8 Å². The Hall–Kier alpha value is -2.89. The minimum atomic E-state index is 0.618. The summed E-state index contributed by atoms with van der Waals surface area (Å²) in [6, 6.07) is 11.7. The fourth-order valence-electron chi connectivity index (χ4n) is 1.92. The highest BCUT2D eigenvalue weighted by molar-refractivity contribution is 5.61. The molecule has 0 aliphatic carbocycles. The predicted molar refractivity (Wildman–Crippen MR) is 81.0 cm³/mol. The molecule has 0 saturated carbocycles. The third-order valence-corrected chi connectivity index (χ3v) is 2.84. The molecule has 2 heterocycles. The van der Waals surface area contributed by atoms with Gasteiger partial charge in [0.25, 0.3) is 0 Å². The summed E-state index contributed by atoms with van der Waals surface area (Å²) in [6.45, 7) is 3.88. The maximum atomic E-state index is 5.00. The molecule has 0 unspecified atom stereocenters. The van der Waals surface area contributed by atoms with Crippen LogP contribution in [-0.4, -0.2) is 15.1 Å². The molecule has 0 aliphatic heterocycles. The van der Waals surface area contributed by atoms with Gasteiger partial charge >= 0.3 is 0 Å². The van der Waals surface area contributed by atoms with Crippen molar-refractivity contribution in [1.29, 1.82) is 0 Å². The Morgan fingerprint density at radius 2 is 1.71 bits per heavy atom. The molecule has 0 saturated heterocycles. The van der Waals surface area contributed by atoms with E-state index in [4.69, 9.17) is 4.52 Å². The molecule has 6 nitrogen and oxygen atoms in total. The molecule has 1 aromatic carbocycles. The van der Waals surface area contributed by atoms with Gasteiger partial charge in [-0.2, -0.15) is 0 Å². The first-order valence-corrected chi connectivity index (χ1v) is 6.55. The van der Waals surface area contributed by atoms with Crippen LogP contribution in [0.2, 0.25) is 0 Å². The van der Waals surface area contributed by atoms with Crippen LogP contribution in [0.3, 0.4) is 0 Å². The molecular formula is C15H15N5O. The van der Waals surface area contributed by atoms with Gasteiger partial charge in [0.05, 0.1) is 0 Å². The standard InChI is InChI=1S/C15H15N5O/c1-10-4-3-5-12(6-10)18-13-8-14(17-9-16-13)19-15-7-11(2)21-20-15/h3-9H,1-2H3,(H2,16,17,18,19,20). The van der Waals surface area contributed by atoms with Crippen LogP contribution in [0.5, 0.6) is 0 Å². The normalized spacial score (nSPS) is 10.4. The maximum Gasteiger partial charge on any atom is 0.175 e. The number of rotatable bonds is 4. The smallest absolute Gasteiger partial charge is 0.175 e. The number of nitrogens with zero attached hydrogens (tertiary/aromatic N) is 3. The molecular weight excluding hydrogens is 266 g/mol. The van der Waals surface area contributed by atoms with E-state index in [9.17, 15) is 0 Å². The molecule has 2 aromatic heterocycles. The highest BCUT2D eigenvalue weighted by Gasteiger charge is 2.03. The minimum absolute atomic E-state index is 0.618. The van der Waals surface area contributed by atoms with Crippen molar-refractivity contribution in [2.24, 2.45) is 0 Å². The zero-order chi connectivity index (χ0) is 14.7. The van der Waals surface area contributed by atoms with Gasteiger partial charge < -0.3 is 15.2 Å². The van der Waals surface area contributed by atoms with Gasteiger partial charge in [0.1, 0.15) is 23.7 Å². The topological polar surface area (TPSA) is 75.9 Å². The number of benzene rings is 1. The second-order valence-corrected chi connectivity index (χ2v) is 4.73. The average Bonchev–Trinajstić information content (AvgIpc) is 2.84. The SMILES string of the molecule is Cc1cccc(Nc2cc(Nc3cc(C)on3)ncn2)c1. The molecule has 3 rings (SSSR count). The largest absolute Gasteiger partial charge is 0.360 e. The molecule has 2 N–H and O–H groups in total. The zero-order valence-corrected chi connectivity index (χ0v) is 11.8. The van der Waals surface area contributed by atoms with E-state index in [1.54, 1.807) is 6.07 Å². The Labute approximate surface area is 122 Å². The van der Waals surface area contributed by atoms with Crippen LogP contribution in [0.25, 0.3) is 0 Å². The van der Waals surface area contributed by atoms with Crippen molar-refractivity contribution < 1.29 is 4.52 Å². The van der Waals surface area contributed by atoms with Crippen molar-refractivity contribution >= 4 is 23.1 Å². The Balaban J connectivity index is 1.76. The van der Waals surface area contributed by atoms with Crippen LogP contribution in [0.1, 0.15) is 11.3 Å². The second kappa shape index (κ2) is 5.62. The van der Waals surface area contributed by atoms with Gasteiger partial charge in [-0.25, -0.2) is 9.97 Å². The Bertz CT molecular complexity index is 753. The monoisotopic (exact) mass is 281 g/mol. The molecule has 0 radical (unpaired) electrons. The van der Waals surface area contributed by atoms with Crippen LogP contribution in [-0.2, 0) is 0 Å². The summed E-state index contributed by atoms with van der Waals surface area (Å²) in [5.41, 5.74) is 2.17. The lowest BCUT2D eigenvalue weighted by Crippen LogP contribution is -1.98. The van der Waals surface area contributed by atoms with E-state index in [-0.39, 0.29) is 0 Å². The lowest BCUT2D eigenvalue weighted by Gasteiger charge is -2.07. The molecule has 106 valence electrons. The summed E-state index contributed by atoms with van der Waals surface area (Å²) in [5, 5.41) is 10.2. The first-order valence-electron chi connectivity index (χ1n) is 6.55. The van der Waals surface area contributed by atoms with Crippen molar-refractivity contribution in [1.82, 2.24) is 15.1 Å². The van der Waals surface area contributed by atoms with Crippen LogP contribution >= 0.6 is 0 Å². The number of aromatic nitrogens is 3. The van der Waals surface area contributed by atoms with E-state index in [1.807, 2.05) is 38.1 Å². The number of hydrogen-bond donors (Lipinski definition) is 2. The summed E-state index contributed by atoms with van der Waals surface area (Å²) >= 11 is 0. The van der Waals surface area contributed by atoms with Gasteiger partial charge in [0, 0.05) is 17.8 Å². The lowest BCUT2D eigenvalue weighted by atomic mass is 10.2. The molecule has 0 spiro atoms. The third-order valence-electron chi connectivity index (χ3n) is 2.84. The quantitative estimate of drug-likeness (QED) is 0.761. The highest BCUT2D eigenvalue weighted by atomic mass is 16.5. The summed E-state index contributed by atoms with van der Waals surface area (Å²) < 4.78 is 5.00. The molecule has 3 aromatic rings. The van der Waals surface area contributed by atoms with Gasteiger partial charge in [-0.1, -0.05) is 17.3 Å². The van der Waals surface area contributed by atoms with Gasteiger partial charge in [-0.15, -0.1) is 0 Å². The highest BCUT2D eigenvalue weighted by Crippen LogP contribution is 2.19. The zero-order valence-electron chi connectivity index (χ0n) is 11.8. The lowest BCUT2D eigenvalue weighted by molar-refractivity contribution is 0.400. The van der Waals surface area contributed by atoms with Crippen molar-refractivity contribution in [3.8, 4) is 0 Å². The summed E-state index contributed by atoms with van der Waals surface area (Å²) in [6.07, 6.45) is 1.49. The van der Waals surface area contributed by atoms with E-state index >= 15 is 0 Å². The molecule has 6 heteroatoms. The third kappa shape index (κ3) is 3.36. The van der Waals surface area contributed by atoms with Gasteiger partial charge in [0.15, 0.2) is 5.82 Å². The van der Waals surface area contributed by atoms with E-state index < -0.39 is 0 Å². The molecule has 0 amide bonds. The number of hydrogen-bond acceptors (Lipinski definition) is 6. The molecule has 21 heavy (non-hydrogen) atoms. The molecule has 0 atom stereocenters. The number of nitrogens with one attached hydrogen (secondary N) is 2. The minimum Gasteiger partial charge on any atom is -0.360 e. The first kappa shape index (κ1) is 13.1. The second-order valence-electron chi connectivity index (χ2n) is 4.73. The van der Waals surface area contributed by atoms with E-state index in [0.29, 0.717) is 17.5 Å². The summed E-state index contributed by atoms with van der Waals surface area (Å²) in [5.74, 6) is 2.71. The van der Waals surface area contributed by atoms with E-state index in [2.05, 4.69) is 31.8 Å². The summed E-state index contributed by atoms with van der Waals surface area (Å²) in [7, 11) is 0. The predicted octanol–water partition coefficient (Wildman–Crippen LogP) is 3.57. The molecule has 0 fully saturated rings. The van der Waals surface area contributed by atoms with Crippen LogP contribution in [0.15, 0.2) is 47.2 Å². The van der Waals surface area contributed by atoms with Gasteiger partial charge in [-0.3, -0.25) is 0 Å². The van der Waals surface area contributed by atoms with Gasteiger partial charge in [0.2, 0.25) is 0 Å². The Morgan fingerprint density at radius 3 is 2.43 bits per heavy atom. The van der Waals surface area contributed by atoms with E-state index in [0.717, 1.165) is 11.4 Å². The summed E-state index contributed by atoms with van der Waals surface area (Å²) in [4.78, 5) is 8.36. The molecule has 0 aliphatic rings. The number of aryl methyl sites for hydroxylation is 2. The van der Waals surface area contributed by atoms with Crippen LogP contribution in [0.4, 0.5) is 23.1 Å². The Kier molecular flexibility index (Phi) is 3.51. The average molecular weight is 281 g/mol. The fraction of sp³-hybridized carbons (Fsp3) is 0.133. The van der Waals surface area contributed by atoms with Crippen molar-refractivity contribution in [2.45, 2.75) is 13.8 Å².